The second-order valence-corrected chi connectivity index (χ2v) is 12.4. The zero-order valence-corrected chi connectivity index (χ0v) is 25.9. The molecule has 2 heterocycles. The molecular weight excluding hydrogens is 540 g/mol. The first kappa shape index (κ1) is 28.3. The first-order valence-corrected chi connectivity index (χ1v) is 16.5. The van der Waals surface area contributed by atoms with Crippen molar-refractivity contribution < 1.29 is 14.5 Å². The van der Waals surface area contributed by atoms with Gasteiger partial charge in [0.05, 0.1) is 22.1 Å². The van der Waals surface area contributed by atoms with Crippen LogP contribution in [0.2, 0.25) is 0 Å². The summed E-state index contributed by atoms with van der Waals surface area (Å²) in [6, 6.07) is 25.6. The summed E-state index contributed by atoms with van der Waals surface area (Å²) < 4.78 is 4.70. The van der Waals surface area contributed by atoms with Crippen LogP contribution in [-0.2, 0) is 11.3 Å². The van der Waals surface area contributed by atoms with Crippen LogP contribution in [0.1, 0.15) is 70.8 Å². The topological polar surface area (TPSA) is 45.2 Å². The number of aromatic nitrogens is 1. The third kappa shape index (κ3) is 4.68. The molecule has 0 radical (unpaired) electrons. The molecule has 0 bridgehead atoms. The molecule has 4 heteroatoms. The summed E-state index contributed by atoms with van der Waals surface area (Å²) >= 11 is 0. The normalized spacial score (nSPS) is 16.1. The van der Waals surface area contributed by atoms with E-state index in [-0.39, 0.29) is 11.5 Å². The molecule has 222 valence electrons. The highest BCUT2D eigenvalue weighted by Crippen LogP contribution is 2.38. The second kappa shape index (κ2) is 11.9. The molecule has 0 saturated heterocycles. The van der Waals surface area contributed by atoms with Gasteiger partial charge in [0.1, 0.15) is 12.3 Å². The Labute approximate surface area is 259 Å². The molecule has 1 aliphatic heterocycles. The summed E-state index contributed by atoms with van der Waals surface area (Å²) in [5.74, 6) is 0.00348. The molecular formula is C40H41N2O2+. The molecule has 0 fully saturated rings. The monoisotopic (exact) mass is 581 g/mol. The molecule has 0 unspecified atom stereocenters. The molecule has 5 aromatic rings. The van der Waals surface area contributed by atoms with E-state index < -0.39 is 0 Å². The van der Waals surface area contributed by atoms with Gasteiger partial charge in [-0.1, -0.05) is 101 Å². The molecule has 44 heavy (non-hydrogen) atoms. The van der Waals surface area contributed by atoms with Crippen molar-refractivity contribution in [2.45, 2.75) is 71.8 Å². The van der Waals surface area contributed by atoms with Gasteiger partial charge in [0.2, 0.25) is 17.2 Å². The number of hydrogen-bond donors (Lipinski definition) is 1. The average molecular weight is 582 g/mol. The fraction of sp³-hybridized carbons (Fsp3) is 0.300. The number of aryl methyl sites for hydroxylation is 1. The maximum Gasteiger partial charge on any atom is 0.214 e. The molecule has 0 spiro atoms. The Morgan fingerprint density at radius 1 is 0.750 bits per heavy atom. The van der Waals surface area contributed by atoms with Crippen LogP contribution in [0.4, 0.5) is 5.69 Å². The van der Waals surface area contributed by atoms with E-state index in [1.165, 1.54) is 71.3 Å². The van der Waals surface area contributed by atoms with Crippen LogP contribution in [0, 0.1) is 0 Å². The van der Waals surface area contributed by atoms with E-state index in [1.807, 2.05) is 12.2 Å². The Morgan fingerprint density at radius 2 is 1.43 bits per heavy atom. The molecule has 4 nitrogen and oxygen atoms in total. The van der Waals surface area contributed by atoms with Gasteiger partial charge in [-0.15, -0.1) is 0 Å². The van der Waals surface area contributed by atoms with Gasteiger partial charge in [-0.25, -0.2) is 0 Å². The number of unbranched alkanes of at least 4 members (excludes halogenated alkanes) is 6. The summed E-state index contributed by atoms with van der Waals surface area (Å²) in [7, 11) is 0. The van der Waals surface area contributed by atoms with Gasteiger partial charge in [-0.05, 0) is 41.8 Å². The predicted octanol–water partition coefficient (Wildman–Crippen LogP) is 9.08. The number of aliphatic hydroxyl groups excluding tert-OH is 1. The van der Waals surface area contributed by atoms with Crippen molar-refractivity contribution in [2.75, 3.05) is 6.54 Å². The lowest BCUT2D eigenvalue weighted by atomic mass is 9.86. The van der Waals surface area contributed by atoms with E-state index >= 15 is 0 Å². The summed E-state index contributed by atoms with van der Waals surface area (Å²) in [6.07, 6.45) is 13.2. The van der Waals surface area contributed by atoms with Crippen LogP contribution in [0.25, 0.3) is 38.5 Å². The maximum absolute atomic E-state index is 13.8. The van der Waals surface area contributed by atoms with Crippen molar-refractivity contribution >= 4 is 55.7 Å². The van der Waals surface area contributed by atoms with Crippen LogP contribution in [0.5, 0.6) is 0 Å². The number of benzene rings is 4. The number of Topliss-reactive ketones (excluding diaryl/α,β-unsaturated/α-hetero) is 1. The first-order valence-electron chi connectivity index (χ1n) is 16.5. The van der Waals surface area contributed by atoms with Gasteiger partial charge in [0.15, 0.2) is 0 Å². The van der Waals surface area contributed by atoms with Crippen LogP contribution >= 0.6 is 0 Å². The van der Waals surface area contributed by atoms with E-state index in [1.54, 1.807) is 0 Å². The molecule has 4 aromatic carbocycles. The lowest BCUT2D eigenvalue weighted by molar-refractivity contribution is -0.436. The van der Waals surface area contributed by atoms with Crippen LogP contribution < -0.4 is 5.35 Å². The standard InChI is InChI=1S/C40H40N2O2/c1-3-5-7-9-23-41-33-21-13-17-27-15-11-19-29(37(27)33)35(41)25-31-39(43)32(40(31)44)26-36-30-20-12-16-28-18-14-22-34(38(28)30)42(36)24-10-8-6-4-2/h11-22,25-26H,3-10,23-24H2,1-2H3/p+1. The Morgan fingerprint density at radius 3 is 2.18 bits per heavy atom. The third-order valence-electron chi connectivity index (χ3n) is 9.51. The minimum Gasteiger partial charge on any atom is -0.506 e. The number of rotatable bonds is 12. The molecule has 0 saturated carbocycles. The molecule has 2 aliphatic rings. The smallest absolute Gasteiger partial charge is 0.214 e. The number of ketones is 1. The van der Waals surface area contributed by atoms with Crippen molar-refractivity contribution in [3.8, 4) is 0 Å². The minimum atomic E-state index is -0.0920. The van der Waals surface area contributed by atoms with E-state index in [0.29, 0.717) is 11.1 Å². The van der Waals surface area contributed by atoms with Crippen LogP contribution in [-0.4, -0.2) is 32.3 Å². The van der Waals surface area contributed by atoms with E-state index in [4.69, 9.17) is 0 Å². The number of carbonyl (C=O) groups is 1. The van der Waals surface area contributed by atoms with Gasteiger partial charge in [0, 0.05) is 46.7 Å². The molecule has 7 rings (SSSR count). The molecule has 1 aromatic heterocycles. The van der Waals surface area contributed by atoms with Crippen molar-refractivity contribution in [1.29, 1.82) is 0 Å². The number of carbonyl (C=O) groups excluding carboxylic acids is 1. The van der Waals surface area contributed by atoms with Crippen LogP contribution in [0.15, 0.2) is 95.8 Å². The van der Waals surface area contributed by atoms with Gasteiger partial charge in [-0.3, -0.25) is 4.79 Å². The van der Waals surface area contributed by atoms with Crippen LogP contribution in [0.3, 0.4) is 0 Å². The highest BCUT2D eigenvalue weighted by Gasteiger charge is 2.37. The molecule has 0 atom stereocenters. The fourth-order valence-corrected chi connectivity index (χ4v) is 7.24. The Balaban J connectivity index is 1.33. The molecule has 0 amide bonds. The quantitative estimate of drug-likeness (QED) is 0.0907. The van der Waals surface area contributed by atoms with Gasteiger partial charge < -0.3 is 9.67 Å². The van der Waals surface area contributed by atoms with Crippen molar-refractivity contribution in [3.05, 3.63) is 107 Å². The van der Waals surface area contributed by atoms with Crippen molar-refractivity contribution in [3.63, 3.8) is 0 Å². The fourth-order valence-electron chi connectivity index (χ4n) is 7.24. The molecule has 1 aliphatic carbocycles. The van der Waals surface area contributed by atoms with Gasteiger partial charge >= 0.3 is 0 Å². The zero-order valence-electron chi connectivity index (χ0n) is 25.9. The summed E-state index contributed by atoms with van der Waals surface area (Å²) in [5.41, 5.74) is 5.32. The summed E-state index contributed by atoms with van der Waals surface area (Å²) in [6.45, 7) is 6.24. The lowest BCUT2D eigenvalue weighted by Crippen LogP contribution is -2.26. The van der Waals surface area contributed by atoms with Crippen molar-refractivity contribution in [2.24, 2.45) is 0 Å². The Bertz CT molecular complexity index is 2060. The number of allylic oxidation sites excluding steroid dienone is 3. The Kier molecular flexibility index (Phi) is 7.68. The van der Waals surface area contributed by atoms with Gasteiger partial charge in [-0.2, -0.15) is 4.58 Å². The summed E-state index contributed by atoms with van der Waals surface area (Å²) in [5, 5.41) is 18.4. The third-order valence-corrected chi connectivity index (χ3v) is 9.51. The minimum absolute atomic E-state index is 0.0920. The highest BCUT2D eigenvalue weighted by atomic mass is 16.3. The largest absolute Gasteiger partial charge is 0.506 e. The second-order valence-electron chi connectivity index (χ2n) is 12.4. The van der Waals surface area contributed by atoms with E-state index in [2.05, 4.69) is 95.8 Å². The van der Waals surface area contributed by atoms with E-state index in [0.717, 1.165) is 47.9 Å². The number of hydrogen-bond acceptors (Lipinski definition) is 2. The van der Waals surface area contributed by atoms with Crippen molar-refractivity contribution in [1.82, 2.24) is 4.57 Å². The van der Waals surface area contributed by atoms with E-state index in [9.17, 15) is 9.90 Å². The molecule has 1 N–H and O–H groups in total. The SMILES string of the molecule is CCCCCCn1c(=CC2=C(O)C(=CC3=[N+](CCCCCC)c4cccc5cccc3c45)C2=O)c2cccc3cccc1c32. The predicted molar refractivity (Wildman–Crippen MR) is 183 cm³/mol. The average Bonchev–Trinajstić information content (AvgIpc) is 3.52. The highest BCUT2D eigenvalue weighted by molar-refractivity contribution is 6.29. The lowest BCUT2D eigenvalue weighted by Gasteiger charge is -2.18. The summed E-state index contributed by atoms with van der Waals surface area (Å²) in [4.78, 5) is 13.8. The first-order chi connectivity index (χ1) is 21.6. The maximum atomic E-state index is 13.8. The number of nitrogens with zero attached hydrogens (tertiary/aromatic N) is 2. The number of aliphatic hydroxyl groups is 1. The zero-order chi connectivity index (χ0) is 30.2. The Hall–Kier alpha value is -4.44. The van der Waals surface area contributed by atoms with Gasteiger partial charge in [0.25, 0.3) is 0 Å².